The van der Waals surface area contributed by atoms with Crippen molar-refractivity contribution in [1.82, 2.24) is 4.98 Å². The standard InChI is InChI=1S/C13H12N2O/c16-15-10-13-12(7-4-8-14-13)9-11-5-2-1-3-6-11/h1-8,10,16H,9H2. The zero-order chi connectivity index (χ0) is 11.2. The summed E-state index contributed by atoms with van der Waals surface area (Å²) in [5.41, 5.74) is 2.96. The second kappa shape index (κ2) is 5.07. The number of rotatable bonds is 3. The van der Waals surface area contributed by atoms with Gasteiger partial charge in [0.1, 0.15) is 0 Å². The minimum atomic E-state index is 0.703. The molecule has 3 heteroatoms. The third-order valence-corrected chi connectivity index (χ3v) is 2.34. The van der Waals surface area contributed by atoms with Gasteiger partial charge in [-0.3, -0.25) is 4.98 Å². The van der Waals surface area contributed by atoms with Gasteiger partial charge in [0.15, 0.2) is 0 Å². The molecule has 3 nitrogen and oxygen atoms in total. The Balaban J connectivity index is 2.28. The summed E-state index contributed by atoms with van der Waals surface area (Å²) in [4.78, 5) is 4.16. The largest absolute Gasteiger partial charge is 0.411 e. The first-order valence-corrected chi connectivity index (χ1v) is 5.05. The number of pyridine rings is 1. The molecule has 0 atom stereocenters. The van der Waals surface area contributed by atoms with Crippen LogP contribution in [-0.2, 0) is 6.42 Å². The van der Waals surface area contributed by atoms with E-state index in [0.29, 0.717) is 5.69 Å². The maximum Gasteiger partial charge on any atom is 0.0921 e. The van der Waals surface area contributed by atoms with Gasteiger partial charge >= 0.3 is 0 Å². The fourth-order valence-electron chi connectivity index (χ4n) is 1.59. The Morgan fingerprint density at radius 3 is 2.69 bits per heavy atom. The lowest BCUT2D eigenvalue weighted by Crippen LogP contribution is -1.97. The molecule has 0 spiro atoms. The highest BCUT2D eigenvalue weighted by atomic mass is 16.4. The van der Waals surface area contributed by atoms with E-state index in [1.54, 1.807) is 6.20 Å². The van der Waals surface area contributed by atoms with Crippen molar-refractivity contribution in [1.29, 1.82) is 0 Å². The van der Waals surface area contributed by atoms with E-state index in [9.17, 15) is 0 Å². The third-order valence-electron chi connectivity index (χ3n) is 2.34. The average molecular weight is 212 g/mol. The van der Waals surface area contributed by atoms with Crippen LogP contribution in [-0.4, -0.2) is 16.4 Å². The van der Waals surface area contributed by atoms with Crippen LogP contribution < -0.4 is 0 Å². The maximum atomic E-state index is 8.54. The van der Waals surface area contributed by atoms with E-state index in [1.165, 1.54) is 11.8 Å². The van der Waals surface area contributed by atoms with Gasteiger partial charge in [-0.25, -0.2) is 0 Å². The van der Waals surface area contributed by atoms with Crippen LogP contribution in [0.3, 0.4) is 0 Å². The molecule has 1 N–H and O–H groups in total. The molecule has 1 aromatic heterocycles. The van der Waals surface area contributed by atoms with Crippen molar-refractivity contribution < 1.29 is 5.21 Å². The molecule has 0 aliphatic rings. The summed E-state index contributed by atoms with van der Waals surface area (Å²) in [5.74, 6) is 0. The van der Waals surface area contributed by atoms with E-state index in [1.807, 2.05) is 30.3 Å². The van der Waals surface area contributed by atoms with E-state index in [4.69, 9.17) is 5.21 Å². The van der Waals surface area contributed by atoms with Gasteiger partial charge in [-0.1, -0.05) is 41.6 Å². The second-order valence-corrected chi connectivity index (χ2v) is 3.45. The van der Waals surface area contributed by atoms with Crippen LogP contribution in [0, 0.1) is 0 Å². The summed E-state index contributed by atoms with van der Waals surface area (Å²) in [6.07, 6.45) is 3.83. The smallest absolute Gasteiger partial charge is 0.0921 e. The van der Waals surface area contributed by atoms with Gasteiger partial charge in [0, 0.05) is 6.20 Å². The Morgan fingerprint density at radius 1 is 1.12 bits per heavy atom. The minimum Gasteiger partial charge on any atom is -0.411 e. The molecule has 0 bridgehead atoms. The van der Waals surface area contributed by atoms with E-state index < -0.39 is 0 Å². The normalized spacial score (nSPS) is 10.8. The van der Waals surface area contributed by atoms with Crippen LogP contribution in [0.2, 0.25) is 0 Å². The van der Waals surface area contributed by atoms with Crippen LogP contribution in [0.5, 0.6) is 0 Å². The summed E-state index contributed by atoms with van der Waals surface area (Å²) in [6, 6.07) is 14.0. The van der Waals surface area contributed by atoms with Crippen molar-refractivity contribution in [3.8, 4) is 0 Å². The van der Waals surface area contributed by atoms with E-state index in [2.05, 4.69) is 22.3 Å². The number of hydrogen-bond acceptors (Lipinski definition) is 3. The highest BCUT2D eigenvalue weighted by Crippen LogP contribution is 2.10. The molecule has 0 amide bonds. The molecule has 0 aliphatic carbocycles. The van der Waals surface area contributed by atoms with Crippen LogP contribution >= 0.6 is 0 Å². The summed E-state index contributed by atoms with van der Waals surface area (Å²) in [6.45, 7) is 0. The highest BCUT2D eigenvalue weighted by molar-refractivity contribution is 5.78. The van der Waals surface area contributed by atoms with Gasteiger partial charge in [0.25, 0.3) is 0 Å². The molecule has 0 aliphatic heterocycles. The molecule has 0 unspecified atom stereocenters. The summed E-state index contributed by atoms with van der Waals surface area (Å²) >= 11 is 0. The highest BCUT2D eigenvalue weighted by Gasteiger charge is 2.01. The van der Waals surface area contributed by atoms with Crippen molar-refractivity contribution in [3.63, 3.8) is 0 Å². The molecule has 1 heterocycles. The quantitative estimate of drug-likeness (QED) is 0.482. The van der Waals surface area contributed by atoms with Crippen LogP contribution in [0.1, 0.15) is 16.8 Å². The van der Waals surface area contributed by atoms with Crippen LogP contribution in [0.4, 0.5) is 0 Å². The number of hydrogen-bond donors (Lipinski definition) is 1. The van der Waals surface area contributed by atoms with Crippen molar-refractivity contribution in [2.75, 3.05) is 0 Å². The van der Waals surface area contributed by atoms with Crippen LogP contribution in [0.25, 0.3) is 0 Å². The monoisotopic (exact) mass is 212 g/mol. The molecule has 2 aromatic rings. The number of aromatic nitrogens is 1. The molecule has 2 rings (SSSR count). The molecule has 1 aromatic carbocycles. The molecule has 16 heavy (non-hydrogen) atoms. The van der Waals surface area contributed by atoms with Crippen molar-refractivity contribution >= 4 is 6.21 Å². The minimum absolute atomic E-state index is 0.703. The summed E-state index contributed by atoms with van der Waals surface area (Å²) in [5, 5.41) is 11.6. The third kappa shape index (κ3) is 2.45. The summed E-state index contributed by atoms with van der Waals surface area (Å²) < 4.78 is 0. The molecule has 0 saturated carbocycles. The topological polar surface area (TPSA) is 45.5 Å². The van der Waals surface area contributed by atoms with E-state index in [0.717, 1.165) is 12.0 Å². The molecular formula is C13H12N2O. The number of benzene rings is 1. The average Bonchev–Trinajstić information content (AvgIpc) is 2.33. The van der Waals surface area contributed by atoms with Crippen molar-refractivity contribution in [2.24, 2.45) is 5.16 Å². The fraction of sp³-hybridized carbons (Fsp3) is 0.0769. The Kier molecular flexibility index (Phi) is 3.28. The van der Waals surface area contributed by atoms with Crippen molar-refractivity contribution in [3.05, 3.63) is 65.5 Å². The predicted molar refractivity (Wildman–Crippen MR) is 62.9 cm³/mol. The fourth-order valence-corrected chi connectivity index (χ4v) is 1.59. The van der Waals surface area contributed by atoms with Gasteiger partial charge < -0.3 is 5.21 Å². The molecule has 0 saturated heterocycles. The summed E-state index contributed by atoms with van der Waals surface area (Å²) in [7, 11) is 0. The predicted octanol–water partition coefficient (Wildman–Crippen LogP) is 2.48. The van der Waals surface area contributed by atoms with Gasteiger partial charge in [0.05, 0.1) is 11.9 Å². The molecule has 0 radical (unpaired) electrons. The Labute approximate surface area is 94.1 Å². The Morgan fingerprint density at radius 2 is 1.94 bits per heavy atom. The molecule has 80 valence electrons. The van der Waals surface area contributed by atoms with Gasteiger partial charge in [-0.15, -0.1) is 0 Å². The molecule has 0 fully saturated rings. The molecular weight excluding hydrogens is 200 g/mol. The van der Waals surface area contributed by atoms with Crippen molar-refractivity contribution in [2.45, 2.75) is 6.42 Å². The Hall–Kier alpha value is -2.16. The zero-order valence-corrected chi connectivity index (χ0v) is 8.74. The van der Waals surface area contributed by atoms with Gasteiger partial charge in [-0.05, 0) is 23.6 Å². The van der Waals surface area contributed by atoms with Gasteiger partial charge in [-0.2, -0.15) is 0 Å². The van der Waals surface area contributed by atoms with Gasteiger partial charge in [0.2, 0.25) is 0 Å². The first-order valence-electron chi connectivity index (χ1n) is 5.05. The number of nitrogens with zero attached hydrogens (tertiary/aromatic N) is 2. The van der Waals surface area contributed by atoms with E-state index in [-0.39, 0.29) is 0 Å². The first-order chi connectivity index (χ1) is 7.90. The lowest BCUT2D eigenvalue weighted by atomic mass is 10.0. The van der Waals surface area contributed by atoms with E-state index >= 15 is 0 Å². The lowest BCUT2D eigenvalue weighted by Gasteiger charge is -2.04. The van der Waals surface area contributed by atoms with Crippen LogP contribution in [0.15, 0.2) is 53.8 Å². The SMILES string of the molecule is ON=Cc1ncccc1Cc1ccccc1. The zero-order valence-electron chi connectivity index (χ0n) is 8.74. The number of oxime groups is 1. The Bertz CT molecular complexity index is 480. The lowest BCUT2D eigenvalue weighted by molar-refractivity contribution is 0.321. The first kappa shape index (κ1) is 10.4. The second-order valence-electron chi connectivity index (χ2n) is 3.45. The maximum absolute atomic E-state index is 8.54.